The fourth-order valence-electron chi connectivity index (χ4n) is 2.77. The van der Waals surface area contributed by atoms with Crippen molar-refractivity contribution in [1.29, 1.82) is 0 Å². The summed E-state index contributed by atoms with van der Waals surface area (Å²) >= 11 is 0. The van der Waals surface area contributed by atoms with Crippen molar-refractivity contribution < 1.29 is 14.7 Å². The molecule has 0 saturated carbocycles. The summed E-state index contributed by atoms with van der Waals surface area (Å²) in [6.07, 6.45) is 2.33. The molecule has 2 aromatic rings. The Bertz CT molecular complexity index is 580. The predicted molar refractivity (Wildman–Crippen MR) is 93.9 cm³/mol. The van der Waals surface area contributed by atoms with Crippen molar-refractivity contribution >= 4 is 0 Å². The zero-order valence-corrected chi connectivity index (χ0v) is 14.4. The molecule has 23 heavy (non-hydrogen) atoms. The SMILES string of the molecule is COc1ccc(C(O)(CCc2ccccc2)CC[NH+](C)C)cc1. The number of aliphatic hydroxyl groups is 1. The molecule has 0 aliphatic rings. The molecule has 3 heteroatoms. The molecule has 0 heterocycles. The van der Waals surface area contributed by atoms with Gasteiger partial charge in [-0.2, -0.15) is 0 Å². The predicted octanol–water partition coefficient (Wildman–Crippen LogP) is 2.05. The molecule has 124 valence electrons. The van der Waals surface area contributed by atoms with Gasteiger partial charge >= 0.3 is 0 Å². The number of benzene rings is 2. The molecule has 1 unspecified atom stereocenters. The van der Waals surface area contributed by atoms with Crippen LogP contribution in [0.3, 0.4) is 0 Å². The van der Waals surface area contributed by atoms with Gasteiger partial charge in [-0.25, -0.2) is 0 Å². The van der Waals surface area contributed by atoms with Crippen LogP contribution in [-0.4, -0.2) is 32.9 Å². The molecule has 1 atom stereocenters. The van der Waals surface area contributed by atoms with Gasteiger partial charge < -0.3 is 14.7 Å². The Kier molecular flexibility index (Phi) is 6.20. The van der Waals surface area contributed by atoms with Crippen molar-refractivity contribution in [3.63, 3.8) is 0 Å². The quantitative estimate of drug-likeness (QED) is 0.782. The second kappa shape index (κ2) is 8.14. The maximum absolute atomic E-state index is 11.3. The van der Waals surface area contributed by atoms with Gasteiger partial charge in [0.15, 0.2) is 0 Å². The fraction of sp³-hybridized carbons (Fsp3) is 0.400. The van der Waals surface area contributed by atoms with Gasteiger partial charge in [-0.05, 0) is 36.1 Å². The fourth-order valence-corrected chi connectivity index (χ4v) is 2.77. The molecule has 0 aliphatic heterocycles. The average molecular weight is 314 g/mol. The minimum absolute atomic E-state index is 0.719. The molecule has 0 bridgehead atoms. The van der Waals surface area contributed by atoms with E-state index in [9.17, 15) is 5.11 Å². The summed E-state index contributed by atoms with van der Waals surface area (Å²) in [6, 6.07) is 18.2. The lowest BCUT2D eigenvalue weighted by molar-refractivity contribution is -0.859. The van der Waals surface area contributed by atoms with E-state index in [-0.39, 0.29) is 0 Å². The standard InChI is InChI=1S/C20H27NO2/c1-21(2)16-15-20(22,14-13-17-7-5-4-6-8-17)18-9-11-19(23-3)12-10-18/h4-12,22H,13-16H2,1-3H3/p+1. The third-order valence-electron chi connectivity index (χ3n) is 4.34. The molecule has 2 N–H and O–H groups in total. The van der Waals surface area contributed by atoms with Crippen LogP contribution in [0.5, 0.6) is 5.75 Å². The number of ether oxygens (including phenoxy) is 1. The highest BCUT2D eigenvalue weighted by atomic mass is 16.5. The summed E-state index contributed by atoms with van der Waals surface area (Å²) in [4.78, 5) is 1.34. The van der Waals surface area contributed by atoms with Gasteiger partial charge in [0.1, 0.15) is 5.75 Å². The van der Waals surface area contributed by atoms with Crippen molar-refractivity contribution in [3.8, 4) is 5.75 Å². The third-order valence-corrected chi connectivity index (χ3v) is 4.34. The van der Waals surface area contributed by atoms with Crippen LogP contribution in [0.2, 0.25) is 0 Å². The second-order valence-corrected chi connectivity index (χ2v) is 6.45. The van der Waals surface area contributed by atoms with Gasteiger partial charge in [-0.15, -0.1) is 0 Å². The molecule has 2 aromatic carbocycles. The molecule has 3 nitrogen and oxygen atoms in total. The Morgan fingerprint density at radius 2 is 1.61 bits per heavy atom. The highest BCUT2D eigenvalue weighted by molar-refractivity contribution is 5.31. The largest absolute Gasteiger partial charge is 0.497 e. The smallest absolute Gasteiger partial charge is 0.118 e. The minimum Gasteiger partial charge on any atom is -0.497 e. The van der Waals surface area contributed by atoms with Crippen LogP contribution in [0, 0.1) is 0 Å². The summed E-state index contributed by atoms with van der Waals surface area (Å²) in [6.45, 7) is 0.928. The lowest BCUT2D eigenvalue weighted by Gasteiger charge is -2.29. The number of quaternary nitrogens is 1. The molecule has 2 rings (SSSR count). The lowest BCUT2D eigenvalue weighted by atomic mass is 9.84. The van der Waals surface area contributed by atoms with Crippen molar-refractivity contribution in [2.45, 2.75) is 24.9 Å². The topological polar surface area (TPSA) is 33.9 Å². The van der Waals surface area contributed by atoms with E-state index in [1.165, 1.54) is 10.5 Å². The van der Waals surface area contributed by atoms with Crippen LogP contribution < -0.4 is 9.64 Å². The number of nitrogens with one attached hydrogen (secondary N) is 1. The second-order valence-electron chi connectivity index (χ2n) is 6.45. The molecular weight excluding hydrogens is 286 g/mol. The molecular formula is C20H28NO2+. The van der Waals surface area contributed by atoms with Gasteiger partial charge in [0, 0.05) is 6.42 Å². The van der Waals surface area contributed by atoms with Crippen LogP contribution in [-0.2, 0) is 12.0 Å². The van der Waals surface area contributed by atoms with E-state index < -0.39 is 5.60 Å². The summed E-state index contributed by atoms with van der Waals surface area (Å²) in [5.41, 5.74) is 1.42. The molecule has 0 aliphatic carbocycles. The average Bonchev–Trinajstić information content (AvgIpc) is 2.59. The number of methoxy groups -OCH3 is 1. The highest BCUT2D eigenvalue weighted by Crippen LogP contribution is 2.31. The molecule has 0 radical (unpaired) electrons. The summed E-state index contributed by atoms with van der Waals surface area (Å²) in [7, 11) is 5.89. The Labute approximate surface area is 139 Å². The number of hydrogen-bond donors (Lipinski definition) is 2. The lowest BCUT2D eigenvalue weighted by Crippen LogP contribution is -3.05. The zero-order valence-electron chi connectivity index (χ0n) is 14.4. The number of rotatable bonds is 8. The van der Waals surface area contributed by atoms with E-state index in [1.54, 1.807) is 7.11 Å². The Hall–Kier alpha value is -1.84. The molecule has 0 spiro atoms. The summed E-state index contributed by atoms with van der Waals surface area (Å²) < 4.78 is 5.22. The minimum atomic E-state index is -0.806. The molecule has 0 aromatic heterocycles. The van der Waals surface area contributed by atoms with Crippen molar-refractivity contribution in [1.82, 2.24) is 0 Å². The van der Waals surface area contributed by atoms with Crippen LogP contribution in [0.25, 0.3) is 0 Å². The van der Waals surface area contributed by atoms with Gasteiger partial charge in [0.2, 0.25) is 0 Å². The summed E-state index contributed by atoms with van der Waals surface area (Å²) in [5.74, 6) is 0.817. The van der Waals surface area contributed by atoms with Crippen molar-refractivity contribution in [2.75, 3.05) is 27.7 Å². The van der Waals surface area contributed by atoms with Crippen LogP contribution in [0.1, 0.15) is 24.0 Å². The molecule has 0 fully saturated rings. The van der Waals surface area contributed by atoms with Crippen LogP contribution in [0.4, 0.5) is 0 Å². The van der Waals surface area contributed by atoms with E-state index >= 15 is 0 Å². The van der Waals surface area contributed by atoms with Gasteiger partial charge in [-0.3, -0.25) is 0 Å². The first-order valence-corrected chi connectivity index (χ1v) is 8.23. The Morgan fingerprint density at radius 1 is 0.957 bits per heavy atom. The first kappa shape index (κ1) is 17.5. The maximum atomic E-state index is 11.3. The highest BCUT2D eigenvalue weighted by Gasteiger charge is 2.29. The normalized spacial score (nSPS) is 13.8. The van der Waals surface area contributed by atoms with Gasteiger partial charge in [0.25, 0.3) is 0 Å². The van der Waals surface area contributed by atoms with E-state index in [0.717, 1.165) is 37.1 Å². The van der Waals surface area contributed by atoms with Crippen molar-refractivity contribution in [2.24, 2.45) is 0 Å². The van der Waals surface area contributed by atoms with E-state index in [1.807, 2.05) is 42.5 Å². The monoisotopic (exact) mass is 314 g/mol. The third kappa shape index (κ3) is 5.08. The molecule has 0 saturated heterocycles. The first-order valence-electron chi connectivity index (χ1n) is 8.23. The van der Waals surface area contributed by atoms with E-state index in [4.69, 9.17) is 4.74 Å². The van der Waals surface area contributed by atoms with E-state index in [0.29, 0.717) is 0 Å². The Balaban J connectivity index is 2.16. The maximum Gasteiger partial charge on any atom is 0.118 e. The van der Waals surface area contributed by atoms with Crippen LogP contribution >= 0.6 is 0 Å². The number of aryl methyl sites for hydroxylation is 1. The Morgan fingerprint density at radius 3 is 2.17 bits per heavy atom. The van der Waals surface area contributed by atoms with Crippen molar-refractivity contribution in [3.05, 3.63) is 65.7 Å². The first-order chi connectivity index (χ1) is 11.0. The van der Waals surface area contributed by atoms with Gasteiger partial charge in [-0.1, -0.05) is 42.5 Å². The number of hydrogen-bond acceptors (Lipinski definition) is 2. The van der Waals surface area contributed by atoms with E-state index in [2.05, 4.69) is 26.2 Å². The van der Waals surface area contributed by atoms with Crippen LogP contribution in [0.15, 0.2) is 54.6 Å². The summed E-state index contributed by atoms with van der Waals surface area (Å²) in [5, 5.41) is 11.3. The zero-order chi connectivity index (χ0) is 16.7. The molecule has 0 amide bonds. The van der Waals surface area contributed by atoms with Gasteiger partial charge in [0.05, 0.1) is 33.4 Å².